The molecule has 1 heterocycles. The van der Waals surface area contributed by atoms with Gasteiger partial charge in [0, 0.05) is 18.3 Å². The minimum absolute atomic E-state index is 0.597. The summed E-state index contributed by atoms with van der Waals surface area (Å²) in [5.41, 5.74) is 1.98. The van der Waals surface area contributed by atoms with Crippen LogP contribution in [0.5, 0.6) is 17.2 Å². The predicted octanol–water partition coefficient (Wildman–Crippen LogP) is 4.25. The van der Waals surface area contributed by atoms with Gasteiger partial charge in [-0.05, 0) is 48.9 Å². The van der Waals surface area contributed by atoms with E-state index >= 15 is 0 Å². The molecule has 0 bridgehead atoms. The predicted molar refractivity (Wildman–Crippen MR) is 110 cm³/mol. The second-order valence-corrected chi connectivity index (χ2v) is 5.91. The molecule has 146 valence electrons. The van der Waals surface area contributed by atoms with Gasteiger partial charge < -0.3 is 24.8 Å². The Hall–Kier alpha value is -3.48. The number of rotatable bonds is 9. The van der Waals surface area contributed by atoms with Crippen molar-refractivity contribution < 1.29 is 14.2 Å². The van der Waals surface area contributed by atoms with Crippen LogP contribution in [0.4, 0.5) is 17.3 Å². The van der Waals surface area contributed by atoms with Crippen LogP contribution in [-0.2, 0) is 6.54 Å². The summed E-state index contributed by atoms with van der Waals surface area (Å²) in [6, 6.07) is 15.4. The van der Waals surface area contributed by atoms with Gasteiger partial charge in [0.25, 0.3) is 0 Å². The molecule has 0 saturated heterocycles. The molecule has 0 spiro atoms. The van der Waals surface area contributed by atoms with Gasteiger partial charge in [0.05, 0.1) is 20.8 Å². The van der Waals surface area contributed by atoms with E-state index in [1.165, 1.54) is 6.33 Å². The Kier molecular flexibility index (Phi) is 6.51. The van der Waals surface area contributed by atoms with Crippen LogP contribution in [0, 0.1) is 0 Å². The molecule has 3 rings (SSSR count). The lowest BCUT2D eigenvalue weighted by Gasteiger charge is -2.11. The number of hydrogen-bond acceptors (Lipinski definition) is 7. The topological polar surface area (TPSA) is 77.5 Å². The van der Waals surface area contributed by atoms with Crippen LogP contribution in [0.3, 0.4) is 0 Å². The maximum absolute atomic E-state index is 5.45. The summed E-state index contributed by atoms with van der Waals surface area (Å²) in [5.74, 6) is 3.66. The van der Waals surface area contributed by atoms with E-state index in [-0.39, 0.29) is 0 Å². The van der Waals surface area contributed by atoms with Crippen molar-refractivity contribution >= 4 is 17.3 Å². The first kappa shape index (κ1) is 19.3. The Labute approximate surface area is 164 Å². The number of anilines is 3. The number of nitrogens with zero attached hydrogens (tertiary/aromatic N) is 2. The molecule has 0 unspecified atom stereocenters. The fraction of sp³-hybridized carbons (Fsp3) is 0.238. The van der Waals surface area contributed by atoms with E-state index in [2.05, 4.69) is 20.6 Å². The maximum atomic E-state index is 5.45. The molecule has 3 aromatic rings. The zero-order valence-corrected chi connectivity index (χ0v) is 16.2. The monoisotopic (exact) mass is 380 g/mol. The summed E-state index contributed by atoms with van der Waals surface area (Å²) in [4.78, 5) is 8.54. The third kappa shape index (κ3) is 5.03. The van der Waals surface area contributed by atoms with Crippen molar-refractivity contribution in [3.05, 3.63) is 60.4 Å². The number of ether oxygens (including phenoxy) is 3. The molecule has 0 aliphatic rings. The molecular formula is C21H24N4O3. The highest BCUT2D eigenvalue weighted by Crippen LogP contribution is 2.28. The zero-order chi connectivity index (χ0) is 19.8. The van der Waals surface area contributed by atoms with Gasteiger partial charge in [0.2, 0.25) is 0 Å². The fourth-order valence-corrected chi connectivity index (χ4v) is 2.65. The first-order valence-corrected chi connectivity index (χ1v) is 8.98. The lowest BCUT2D eigenvalue weighted by Crippen LogP contribution is -2.03. The average molecular weight is 380 g/mol. The van der Waals surface area contributed by atoms with Crippen molar-refractivity contribution in [3.8, 4) is 17.2 Å². The normalized spacial score (nSPS) is 10.2. The largest absolute Gasteiger partial charge is 0.494 e. The summed E-state index contributed by atoms with van der Waals surface area (Å²) in [7, 11) is 3.24. The first-order valence-electron chi connectivity index (χ1n) is 8.98. The molecule has 7 heteroatoms. The van der Waals surface area contributed by atoms with E-state index in [0.717, 1.165) is 22.8 Å². The molecule has 0 aliphatic heterocycles. The lowest BCUT2D eigenvalue weighted by atomic mass is 10.2. The van der Waals surface area contributed by atoms with Crippen LogP contribution in [-0.4, -0.2) is 30.8 Å². The van der Waals surface area contributed by atoms with Crippen LogP contribution < -0.4 is 24.8 Å². The van der Waals surface area contributed by atoms with E-state index < -0.39 is 0 Å². The molecule has 28 heavy (non-hydrogen) atoms. The van der Waals surface area contributed by atoms with Crippen molar-refractivity contribution in [1.82, 2.24) is 9.97 Å². The van der Waals surface area contributed by atoms with E-state index in [4.69, 9.17) is 14.2 Å². The van der Waals surface area contributed by atoms with E-state index in [0.29, 0.717) is 30.5 Å². The third-order valence-electron chi connectivity index (χ3n) is 4.03. The van der Waals surface area contributed by atoms with Crippen LogP contribution in [0.1, 0.15) is 12.5 Å². The van der Waals surface area contributed by atoms with E-state index in [1.807, 2.05) is 55.5 Å². The third-order valence-corrected chi connectivity index (χ3v) is 4.03. The smallest absolute Gasteiger partial charge is 0.161 e. The van der Waals surface area contributed by atoms with E-state index in [1.54, 1.807) is 14.2 Å². The standard InChI is InChI=1S/C21H24N4O3/c1-4-28-17-8-6-16(7-9-17)25-21-12-20(23-14-24-21)22-13-15-5-10-18(26-2)19(11-15)27-3/h5-12,14H,4,13H2,1-3H3,(H2,22,23,24,25). The highest BCUT2D eigenvalue weighted by Gasteiger charge is 2.05. The summed E-state index contributed by atoms with van der Waals surface area (Å²) >= 11 is 0. The zero-order valence-electron chi connectivity index (χ0n) is 16.2. The van der Waals surface area contributed by atoms with E-state index in [9.17, 15) is 0 Å². The number of hydrogen-bond donors (Lipinski definition) is 2. The van der Waals surface area contributed by atoms with Crippen molar-refractivity contribution in [2.24, 2.45) is 0 Å². The number of benzene rings is 2. The quantitative estimate of drug-likeness (QED) is 0.575. The molecule has 0 atom stereocenters. The Morgan fingerprint density at radius 1 is 0.857 bits per heavy atom. The molecule has 0 saturated carbocycles. The van der Waals surface area contributed by atoms with Gasteiger partial charge in [0.15, 0.2) is 11.5 Å². The molecule has 2 N–H and O–H groups in total. The van der Waals surface area contributed by atoms with Crippen LogP contribution in [0.25, 0.3) is 0 Å². The highest BCUT2D eigenvalue weighted by atomic mass is 16.5. The summed E-state index contributed by atoms with van der Waals surface area (Å²) < 4.78 is 16.1. The van der Waals surface area contributed by atoms with Crippen molar-refractivity contribution in [1.29, 1.82) is 0 Å². The Morgan fingerprint density at radius 2 is 1.61 bits per heavy atom. The van der Waals surface area contributed by atoms with Crippen molar-refractivity contribution in [3.63, 3.8) is 0 Å². The summed E-state index contributed by atoms with van der Waals surface area (Å²) in [6.07, 6.45) is 1.52. The molecule has 7 nitrogen and oxygen atoms in total. The molecule has 2 aromatic carbocycles. The van der Waals surface area contributed by atoms with Gasteiger partial charge in [-0.2, -0.15) is 0 Å². The molecule has 1 aromatic heterocycles. The minimum Gasteiger partial charge on any atom is -0.494 e. The van der Waals surface area contributed by atoms with Crippen molar-refractivity contribution in [2.75, 3.05) is 31.5 Å². The number of nitrogens with one attached hydrogen (secondary N) is 2. The average Bonchev–Trinajstić information content (AvgIpc) is 2.74. The Bertz CT molecular complexity index is 900. The molecule has 0 fully saturated rings. The first-order chi connectivity index (χ1) is 13.7. The Morgan fingerprint density at radius 3 is 2.32 bits per heavy atom. The SMILES string of the molecule is CCOc1ccc(Nc2cc(NCc3ccc(OC)c(OC)c3)ncn2)cc1. The summed E-state index contributed by atoms with van der Waals surface area (Å²) in [5, 5.41) is 6.56. The second kappa shape index (κ2) is 9.45. The molecule has 0 aliphatic carbocycles. The van der Waals surface area contributed by atoms with Crippen LogP contribution in [0.2, 0.25) is 0 Å². The number of methoxy groups -OCH3 is 2. The van der Waals surface area contributed by atoms with Crippen LogP contribution in [0.15, 0.2) is 54.9 Å². The fourth-order valence-electron chi connectivity index (χ4n) is 2.65. The summed E-state index contributed by atoms with van der Waals surface area (Å²) in [6.45, 7) is 3.21. The maximum Gasteiger partial charge on any atom is 0.161 e. The Balaban J connectivity index is 1.63. The van der Waals surface area contributed by atoms with Gasteiger partial charge in [-0.1, -0.05) is 6.07 Å². The van der Waals surface area contributed by atoms with Crippen molar-refractivity contribution in [2.45, 2.75) is 13.5 Å². The second-order valence-electron chi connectivity index (χ2n) is 5.91. The van der Waals surface area contributed by atoms with Gasteiger partial charge in [0.1, 0.15) is 23.7 Å². The lowest BCUT2D eigenvalue weighted by molar-refractivity contribution is 0.340. The minimum atomic E-state index is 0.597. The van der Waals surface area contributed by atoms with Gasteiger partial charge in [-0.3, -0.25) is 0 Å². The number of aromatic nitrogens is 2. The molecular weight excluding hydrogens is 356 g/mol. The molecule has 0 amide bonds. The highest BCUT2D eigenvalue weighted by molar-refractivity contribution is 5.59. The van der Waals surface area contributed by atoms with Gasteiger partial charge in [-0.15, -0.1) is 0 Å². The van der Waals surface area contributed by atoms with Gasteiger partial charge >= 0.3 is 0 Å². The van der Waals surface area contributed by atoms with Gasteiger partial charge in [-0.25, -0.2) is 9.97 Å². The molecule has 0 radical (unpaired) electrons. The van der Waals surface area contributed by atoms with Crippen LogP contribution >= 0.6 is 0 Å².